The van der Waals surface area contributed by atoms with Crippen molar-refractivity contribution in [2.24, 2.45) is 5.92 Å². The standard InChI is InChI=1S/C16H19NO4S2/c1-2-3-8-21-14(18)9-11(15(19)20)10-22-16-17-12-6-4-5-7-13(12)23-16/h4-7,11H,2-3,8-10H2,1H3,(H,19,20). The van der Waals surface area contributed by atoms with Gasteiger partial charge in [0, 0.05) is 5.75 Å². The van der Waals surface area contributed by atoms with E-state index in [4.69, 9.17) is 4.74 Å². The van der Waals surface area contributed by atoms with Gasteiger partial charge in [-0.05, 0) is 18.6 Å². The summed E-state index contributed by atoms with van der Waals surface area (Å²) in [7, 11) is 0. The van der Waals surface area contributed by atoms with Crippen LogP contribution in [0.1, 0.15) is 26.2 Å². The molecule has 0 fully saturated rings. The van der Waals surface area contributed by atoms with Gasteiger partial charge < -0.3 is 9.84 Å². The topological polar surface area (TPSA) is 76.5 Å². The Morgan fingerprint density at radius 1 is 1.39 bits per heavy atom. The second-order valence-electron chi connectivity index (χ2n) is 5.07. The molecule has 0 saturated heterocycles. The van der Waals surface area contributed by atoms with Crippen LogP contribution in [0, 0.1) is 5.92 Å². The van der Waals surface area contributed by atoms with Crippen molar-refractivity contribution in [1.82, 2.24) is 4.98 Å². The molecule has 0 bridgehead atoms. The maximum Gasteiger partial charge on any atom is 0.307 e. The Morgan fingerprint density at radius 3 is 2.87 bits per heavy atom. The van der Waals surface area contributed by atoms with Gasteiger partial charge in [0.25, 0.3) is 0 Å². The molecule has 124 valence electrons. The first-order valence-corrected chi connectivity index (χ1v) is 9.27. The first-order chi connectivity index (χ1) is 11.1. The van der Waals surface area contributed by atoms with E-state index >= 15 is 0 Å². The van der Waals surface area contributed by atoms with Crippen LogP contribution in [-0.4, -0.2) is 34.4 Å². The van der Waals surface area contributed by atoms with Crippen LogP contribution in [0.4, 0.5) is 0 Å². The van der Waals surface area contributed by atoms with E-state index < -0.39 is 17.9 Å². The lowest BCUT2D eigenvalue weighted by Gasteiger charge is -2.10. The summed E-state index contributed by atoms with van der Waals surface area (Å²) in [4.78, 5) is 27.5. The van der Waals surface area contributed by atoms with Crippen molar-refractivity contribution in [3.05, 3.63) is 24.3 Å². The predicted octanol–water partition coefficient (Wildman–Crippen LogP) is 3.82. The number of rotatable bonds is 9. The number of ether oxygens (including phenoxy) is 1. The molecule has 23 heavy (non-hydrogen) atoms. The van der Waals surface area contributed by atoms with E-state index in [2.05, 4.69) is 4.98 Å². The monoisotopic (exact) mass is 353 g/mol. The molecule has 1 aromatic carbocycles. The van der Waals surface area contributed by atoms with Crippen molar-refractivity contribution in [3.63, 3.8) is 0 Å². The Labute approximate surface area is 143 Å². The largest absolute Gasteiger partial charge is 0.481 e. The van der Waals surface area contributed by atoms with Gasteiger partial charge in [0.1, 0.15) is 0 Å². The summed E-state index contributed by atoms with van der Waals surface area (Å²) in [6.45, 7) is 2.36. The van der Waals surface area contributed by atoms with Crippen LogP contribution in [0.15, 0.2) is 28.6 Å². The number of hydrogen-bond acceptors (Lipinski definition) is 6. The Balaban J connectivity index is 1.89. The van der Waals surface area contributed by atoms with E-state index in [0.717, 1.165) is 27.4 Å². The summed E-state index contributed by atoms with van der Waals surface area (Å²) in [5.74, 6) is -1.89. The lowest BCUT2D eigenvalue weighted by atomic mass is 10.1. The lowest BCUT2D eigenvalue weighted by Crippen LogP contribution is -2.21. The number of thiazole rings is 1. The van der Waals surface area contributed by atoms with Crippen molar-refractivity contribution in [3.8, 4) is 0 Å². The zero-order valence-electron chi connectivity index (χ0n) is 12.9. The van der Waals surface area contributed by atoms with Crippen molar-refractivity contribution in [2.75, 3.05) is 12.4 Å². The Morgan fingerprint density at radius 2 is 2.17 bits per heavy atom. The molecule has 0 spiro atoms. The molecule has 0 aliphatic carbocycles. The summed E-state index contributed by atoms with van der Waals surface area (Å²) < 4.78 is 6.93. The number of thioether (sulfide) groups is 1. The molecule has 2 aromatic rings. The normalized spacial score (nSPS) is 12.2. The average molecular weight is 353 g/mol. The van der Waals surface area contributed by atoms with Crippen molar-refractivity contribution in [1.29, 1.82) is 0 Å². The van der Waals surface area contributed by atoms with Crippen LogP contribution < -0.4 is 0 Å². The first kappa shape index (κ1) is 17.7. The first-order valence-electron chi connectivity index (χ1n) is 7.47. The molecule has 0 aliphatic rings. The van der Waals surface area contributed by atoms with Crippen molar-refractivity contribution >= 4 is 45.3 Å². The van der Waals surface area contributed by atoms with E-state index in [1.165, 1.54) is 23.1 Å². The molecular weight excluding hydrogens is 334 g/mol. The van der Waals surface area contributed by atoms with Crippen LogP contribution in [0.25, 0.3) is 10.2 Å². The number of carbonyl (C=O) groups is 2. The van der Waals surface area contributed by atoms with E-state index in [0.29, 0.717) is 12.4 Å². The fourth-order valence-electron chi connectivity index (χ4n) is 1.89. The molecule has 1 N–H and O–H groups in total. The van der Waals surface area contributed by atoms with Crippen molar-refractivity contribution < 1.29 is 19.4 Å². The summed E-state index contributed by atoms with van der Waals surface area (Å²) in [6, 6.07) is 7.77. The third-order valence-corrected chi connectivity index (χ3v) is 5.55. The Kier molecular flexibility index (Phi) is 6.85. The molecular formula is C16H19NO4S2. The van der Waals surface area contributed by atoms with Crippen molar-refractivity contribution in [2.45, 2.75) is 30.5 Å². The number of carboxylic acid groups (broad SMARTS) is 1. The minimum absolute atomic E-state index is 0.100. The minimum Gasteiger partial charge on any atom is -0.481 e. The third-order valence-electron chi connectivity index (χ3n) is 3.21. The maximum atomic E-state index is 11.7. The molecule has 2 rings (SSSR count). The van der Waals surface area contributed by atoms with E-state index in [1.807, 2.05) is 31.2 Å². The van der Waals surface area contributed by atoms with Crippen LogP contribution in [0.3, 0.4) is 0 Å². The number of fused-ring (bicyclic) bond motifs is 1. The van der Waals surface area contributed by atoms with Gasteiger partial charge in [-0.2, -0.15) is 0 Å². The molecule has 0 saturated carbocycles. The lowest BCUT2D eigenvalue weighted by molar-refractivity contribution is -0.150. The van der Waals surface area contributed by atoms with Crippen LogP contribution in [0.2, 0.25) is 0 Å². The molecule has 0 amide bonds. The zero-order chi connectivity index (χ0) is 16.7. The van der Waals surface area contributed by atoms with Gasteiger partial charge in [0.15, 0.2) is 4.34 Å². The summed E-state index contributed by atoms with van der Waals surface area (Å²) >= 11 is 2.90. The number of esters is 1. The molecule has 0 radical (unpaired) electrons. The fraction of sp³-hybridized carbons (Fsp3) is 0.438. The van der Waals surface area contributed by atoms with Gasteiger partial charge in [-0.15, -0.1) is 11.3 Å². The molecule has 1 aromatic heterocycles. The molecule has 1 heterocycles. The number of benzene rings is 1. The molecule has 1 atom stereocenters. The SMILES string of the molecule is CCCCOC(=O)CC(CSc1nc2ccccc2s1)C(=O)O. The number of carboxylic acids is 1. The van der Waals surface area contributed by atoms with E-state index in [9.17, 15) is 14.7 Å². The smallest absolute Gasteiger partial charge is 0.307 e. The highest BCUT2D eigenvalue weighted by Crippen LogP contribution is 2.31. The number of nitrogens with zero attached hydrogens (tertiary/aromatic N) is 1. The summed E-state index contributed by atoms with van der Waals surface area (Å²) in [5.41, 5.74) is 0.908. The number of aromatic nitrogens is 1. The number of hydrogen-bond donors (Lipinski definition) is 1. The summed E-state index contributed by atoms with van der Waals surface area (Å²) in [5, 5.41) is 9.27. The minimum atomic E-state index is -0.981. The number of aliphatic carboxylic acids is 1. The highest BCUT2D eigenvalue weighted by atomic mass is 32.2. The number of carbonyl (C=O) groups excluding carboxylic acids is 1. The highest BCUT2D eigenvalue weighted by Gasteiger charge is 2.23. The average Bonchev–Trinajstić information content (AvgIpc) is 2.94. The molecule has 5 nitrogen and oxygen atoms in total. The second-order valence-corrected chi connectivity index (χ2v) is 7.37. The third kappa shape index (κ3) is 5.51. The van der Waals surface area contributed by atoms with Gasteiger partial charge in [-0.3, -0.25) is 9.59 Å². The second kappa shape index (κ2) is 8.88. The molecule has 7 heteroatoms. The fourth-order valence-corrected chi connectivity index (χ4v) is 4.07. The Hall–Kier alpha value is -1.60. The molecule has 1 unspecified atom stereocenters. The predicted molar refractivity (Wildman–Crippen MR) is 92.0 cm³/mol. The van der Waals surface area contributed by atoms with Gasteiger partial charge >= 0.3 is 11.9 Å². The van der Waals surface area contributed by atoms with Crippen LogP contribution in [0.5, 0.6) is 0 Å². The van der Waals surface area contributed by atoms with E-state index in [-0.39, 0.29) is 6.42 Å². The maximum absolute atomic E-state index is 11.7. The number of para-hydroxylation sites is 1. The van der Waals surface area contributed by atoms with Gasteiger partial charge in [0.05, 0.1) is 29.2 Å². The quantitative estimate of drug-likeness (QED) is 0.419. The van der Waals surface area contributed by atoms with Crippen LogP contribution in [-0.2, 0) is 14.3 Å². The highest BCUT2D eigenvalue weighted by molar-refractivity contribution is 8.01. The Bertz CT molecular complexity index is 638. The van der Waals surface area contributed by atoms with Gasteiger partial charge in [0.2, 0.25) is 0 Å². The van der Waals surface area contributed by atoms with Gasteiger partial charge in [-0.25, -0.2) is 4.98 Å². The van der Waals surface area contributed by atoms with Crippen LogP contribution >= 0.6 is 23.1 Å². The molecule has 0 aliphatic heterocycles. The van der Waals surface area contributed by atoms with E-state index in [1.54, 1.807) is 0 Å². The summed E-state index contributed by atoms with van der Waals surface area (Å²) in [6.07, 6.45) is 1.63. The number of unbranched alkanes of at least 4 members (excludes halogenated alkanes) is 1. The zero-order valence-corrected chi connectivity index (χ0v) is 14.5. The van der Waals surface area contributed by atoms with Gasteiger partial charge in [-0.1, -0.05) is 37.2 Å².